The molecule has 1 aliphatic rings. The molecule has 0 saturated carbocycles. The number of rotatable bonds is 6. The lowest BCUT2D eigenvalue weighted by atomic mass is 10.0. The second kappa shape index (κ2) is 10.8. The summed E-state index contributed by atoms with van der Waals surface area (Å²) in [4.78, 5) is 22.6. The molecule has 1 aliphatic heterocycles. The monoisotopic (exact) mass is 424 g/mol. The molecule has 7 heteroatoms. The Morgan fingerprint density at radius 2 is 1.87 bits per heavy atom. The van der Waals surface area contributed by atoms with Crippen molar-refractivity contribution < 1.29 is 9.53 Å². The zero-order valence-corrected chi connectivity index (χ0v) is 18.5. The molecule has 0 saturated heterocycles. The Hall–Kier alpha value is -2.77. The van der Waals surface area contributed by atoms with E-state index < -0.39 is 0 Å². The highest BCUT2D eigenvalue weighted by atomic mass is 32.1. The Balaban J connectivity index is 0.00000124. The van der Waals surface area contributed by atoms with Crippen LogP contribution in [0.5, 0.6) is 11.5 Å². The van der Waals surface area contributed by atoms with Crippen molar-refractivity contribution in [1.29, 1.82) is 0 Å². The Morgan fingerprint density at radius 1 is 1.10 bits per heavy atom. The standard InChI is InChI=1S/C21H22N4O2S.C2H6/c1-15-10-19(4-7-22-15)27-18-3-2-16-5-8-25(9-6-17(16)11-18)13-20-12-23-21(28-20)24-14-26;1-2/h2-4,7,10-12,14H,5-6,8-9,13H2,1H3,(H,23,24,26);1-2H3. The third-order valence-corrected chi connectivity index (χ3v) is 5.71. The fraction of sp³-hybridized carbons (Fsp3) is 0.348. The van der Waals surface area contributed by atoms with Crippen LogP contribution in [0.1, 0.15) is 35.5 Å². The molecule has 2 aromatic heterocycles. The Labute approximate surface area is 181 Å². The van der Waals surface area contributed by atoms with Gasteiger partial charge in [-0.25, -0.2) is 4.98 Å². The van der Waals surface area contributed by atoms with E-state index in [1.54, 1.807) is 6.20 Å². The Morgan fingerprint density at radius 3 is 2.63 bits per heavy atom. The Kier molecular flexibility index (Phi) is 7.93. The minimum Gasteiger partial charge on any atom is -0.457 e. The van der Waals surface area contributed by atoms with Gasteiger partial charge in [-0.1, -0.05) is 19.9 Å². The van der Waals surface area contributed by atoms with Crippen LogP contribution in [0.2, 0.25) is 0 Å². The van der Waals surface area contributed by atoms with Crippen molar-refractivity contribution in [3.8, 4) is 11.5 Å². The molecular formula is C23H28N4O2S. The highest BCUT2D eigenvalue weighted by Crippen LogP contribution is 2.27. The number of amides is 1. The van der Waals surface area contributed by atoms with Gasteiger partial charge in [-0.05, 0) is 49.1 Å². The molecular weight excluding hydrogens is 396 g/mol. The second-order valence-corrected chi connectivity index (χ2v) is 7.95. The molecule has 1 aromatic carbocycles. The third kappa shape index (κ3) is 5.87. The summed E-state index contributed by atoms with van der Waals surface area (Å²) in [7, 11) is 0. The first kappa shape index (κ1) is 21.9. The molecule has 1 amide bonds. The van der Waals surface area contributed by atoms with Crippen molar-refractivity contribution in [2.45, 2.75) is 40.2 Å². The SMILES string of the molecule is CC.Cc1cc(Oc2ccc3c(c2)CCN(Cc2cnc(NC=O)s2)CC3)ccn1. The molecule has 0 spiro atoms. The van der Waals surface area contributed by atoms with E-state index in [2.05, 4.69) is 32.3 Å². The summed E-state index contributed by atoms with van der Waals surface area (Å²) in [5.41, 5.74) is 3.67. The van der Waals surface area contributed by atoms with E-state index in [4.69, 9.17) is 4.74 Å². The van der Waals surface area contributed by atoms with Gasteiger partial charge in [-0.3, -0.25) is 14.7 Å². The number of carbonyl (C=O) groups excluding carboxylic acids is 1. The van der Waals surface area contributed by atoms with Gasteiger partial charge in [0.1, 0.15) is 11.5 Å². The normalized spacial score (nSPS) is 13.4. The minimum absolute atomic E-state index is 0.649. The summed E-state index contributed by atoms with van der Waals surface area (Å²) in [6, 6.07) is 10.2. The summed E-state index contributed by atoms with van der Waals surface area (Å²) >= 11 is 1.53. The number of ether oxygens (including phenoxy) is 1. The van der Waals surface area contributed by atoms with Crippen LogP contribution in [0.15, 0.2) is 42.7 Å². The predicted molar refractivity (Wildman–Crippen MR) is 121 cm³/mol. The number of nitrogens with zero attached hydrogens (tertiary/aromatic N) is 3. The number of pyridine rings is 1. The third-order valence-electron chi connectivity index (χ3n) is 4.79. The van der Waals surface area contributed by atoms with Crippen LogP contribution in [0.4, 0.5) is 5.13 Å². The van der Waals surface area contributed by atoms with Crippen LogP contribution in [-0.4, -0.2) is 34.4 Å². The topological polar surface area (TPSA) is 67.3 Å². The van der Waals surface area contributed by atoms with Crippen molar-refractivity contribution in [3.63, 3.8) is 0 Å². The fourth-order valence-electron chi connectivity index (χ4n) is 3.41. The van der Waals surface area contributed by atoms with E-state index in [0.29, 0.717) is 11.5 Å². The molecule has 0 radical (unpaired) electrons. The number of carbonyl (C=O) groups is 1. The van der Waals surface area contributed by atoms with Crippen LogP contribution >= 0.6 is 11.3 Å². The lowest BCUT2D eigenvalue weighted by Gasteiger charge is -2.18. The van der Waals surface area contributed by atoms with Crippen LogP contribution in [-0.2, 0) is 24.2 Å². The number of hydrogen-bond acceptors (Lipinski definition) is 6. The molecule has 3 heterocycles. The quantitative estimate of drug-likeness (QED) is 0.574. The van der Waals surface area contributed by atoms with Crippen molar-refractivity contribution in [3.05, 3.63) is 64.4 Å². The number of aromatic nitrogens is 2. The molecule has 158 valence electrons. The Bertz CT molecular complexity index is 973. The van der Waals surface area contributed by atoms with Crippen LogP contribution < -0.4 is 10.1 Å². The van der Waals surface area contributed by atoms with Gasteiger partial charge in [0, 0.05) is 48.7 Å². The van der Waals surface area contributed by atoms with Gasteiger partial charge in [0.15, 0.2) is 5.13 Å². The van der Waals surface area contributed by atoms with Gasteiger partial charge < -0.3 is 10.1 Å². The summed E-state index contributed by atoms with van der Waals surface area (Å²) in [6.45, 7) is 8.80. The largest absolute Gasteiger partial charge is 0.457 e. The zero-order chi connectivity index (χ0) is 21.3. The maximum atomic E-state index is 10.5. The van der Waals surface area contributed by atoms with E-state index in [9.17, 15) is 4.79 Å². The molecule has 30 heavy (non-hydrogen) atoms. The van der Waals surface area contributed by atoms with Crippen molar-refractivity contribution in [2.24, 2.45) is 0 Å². The minimum atomic E-state index is 0.649. The van der Waals surface area contributed by atoms with E-state index in [1.807, 2.05) is 45.2 Å². The predicted octanol–water partition coefficient (Wildman–Crippen LogP) is 4.83. The summed E-state index contributed by atoms with van der Waals surface area (Å²) in [5, 5.41) is 3.26. The maximum Gasteiger partial charge on any atom is 0.213 e. The van der Waals surface area contributed by atoms with Gasteiger partial charge in [-0.15, -0.1) is 11.3 Å². The van der Waals surface area contributed by atoms with Gasteiger partial charge in [-0.2, -0.15) is 0 Å². The molecule has 0 bridgehead atoms. The van der Waals surface area contributed by atoms with Crippen molar-refractivity contribution in [1.82, 2.24) is 14.9 Å². The highest BCUT2D eigenvalue weighted by Gasteiger charge is 2.16. The first-order valence-corrected chi connectivity index (χ1v) is 11.1. The molecule has 0 fully saturated rings. The first-order valence-electron chi connectivity index (χ1n) is 10.3. The summed E-state index contributed by atoms with van der Waals surface area (Å²) in [6.07, 6.45) is 6.28. The molecule has 0 atom stereocenters. The molecule has 0 aliphatic carbocycles. The second-order valence-electron chi connectivity index (χ2n) is 6.84. The molecule has 6 nitrogen and oxygen atoms in total. The van der Waals surface area contributed by atoms with Gasteiger partial charge in [0.05, 0.1) is 0 Å². The lowest BCUT2D eigenvalue weighted by molar-refractivity contribution is -0.105. The summed E-state index contributed by atoms with van der Waals surface area (Å²) < 4.78 is 6.02. The van der Waals surface area contributed by atoms with Crippen molar-refractivity contribution >= 4 is 22.9 Å². The molecule has 1 N–H and O–H groups in total. The fourth-order valence-corrected chi connectivity index (χ4v) is 4.22. The van der Waals surface area contributed by atoms with Crippen molar-refractivity contribution in [2.75, 3.05) is 18.4 Å². The van der Waals surface area contributed by atoms with E-state index in [0.717, 1.165) is 54.5 Å². The van der Waals surface area contributed by atoms with Gasteiger partial charge in [0.2, 0.25) is 6.41 Å². The molecule has 0 unspecified atom stereocenters. The van der Waals surface area contributed by atoms with Crippen LogP contribution in [0, 0.1) is 6.92 Å². The molecule has 3 aromatic rings. The van der Waals surface area contributed by atoms with E-state index in [1.165, 1.54) is 22.5 Å². The van der Waals surface area contributed by atoms with E-state index >= 15 is 0 Å². The zero-order valence-electron chi connectivity index (χ0n) is 17.7. The average molecular weight is 425 g/mol. The van der Waals surface area contributed by atoms with Crippen LogP contribution in [0.3, 0.4) is 0 Å². The number of hydrogen-bond donors (Lipinski definition) is 1. The number of aryl methyl sites for hydroxylation is 1. The van der Waals surface area contributed by atoms with Crippen LogP contribution in [0.25, 0.3) is 0 Å². The number of thiazole rings is 1. The number of anilines is 1. The average Bonchev–Trinajstić information content (AvgIpc) is 3.09. The van der Waals surface area contributed by atoms with E-state index in [-0.39, 0.29) is 0 Å². The smallest absolute Gasteiger partial charge is 0.213 e. The first-order chi connectivity index (χ1) is 14.7. The number of benzene rings is 1. The maximum absolute atomic E-state index is 10.5. The highest BCUT2D eigenvalue weighted by molar-refractivity contribution is 7.15. The number of nitrogens with one attached hydrogen (secondary N) is 1. The number of fused-ring (bicyclic) bond motifs is 1. The van der Waals surface area contributed by atoms with Gasteiger partial charge >= 0.3 is 0 Å². The molecule has 4 rings (SSSR count). The lowest BCUT2D eigenvalue weighted by Crippen LogP contribution is -2.25. The summed E-state index contributed by atoms with van der Waals surface area (Å²) in [5.74, 6) is 1.68. The van der Waals surface area contributed by atoms with Gasteiger partial charge in [0.25, 0.3) is 0 Å².